The van der Waals surface area contributed by atoms with Crippen LogP contribution in [-0.4, -0.2) is 55.2 Å². The van der Waals surface area contributed by atoms with Gasteiger partial charge in [-0.25, -0.2) is 9.59 Å². The highest BCUT2D eigenvalue weighted by Gasteiger charge is 2.21. The molecule has 1 atom stereocenters. The van der Waals surface area contributed by atoms with E-state index in [1.165, 1.54) is 0 Å². The quantitative estimate of drug-likeness (QED) is 0.647. The molecule has 1 rings (SSSR count). The van der Waals surface area contributed by atoms with Crippen LogP contribution in [0.5, 0.6) is 0 Å². The SMILES string of the molecule is CCOC(=O)N[C@H]1CCCN(CCCC(=O)NC(N)=O)C1. The van der Waals surface area contributed by atoms with E-state index in [1.54, 1.807) is 6.92 Å². The largest absolute Gasteiger partial charge is 0.450 e. The number of carbonyl (C=O) groups excluding carboxylic acids is 3. The highest BCUT2D eigenvalue weighted by Crippen LogP contribution is 2.11. The van der Waals surface area contributed by atoms with E-state index in [4.69, 9.17) is 10.5 Å². The first-order chi connectivity index (χ1) is 10.0. The maximum absolute atomic E-state index is 11.4. The number of likely N-dealkylation sites (tertiary alicyclic amines) is 1. The van der Waals surface area contributed by atoms with E-state index in [9.17, 15) is 14.4 Å². The van der Waals surface area contributed by atoms with Gasteiger partial charge in [-0.15, -0.1) is 0 Å². The van der Waals surface area contributed by atoms with Gasteiger partial charge in [0.15, 0.2) is 0 Å². The van der Waals surface area contributed by atoms with Gasteiger partial charge in [0.2, 0.25) is 5.91 Å². The number of hydrogen-bond donors (Lipinski definition) is 3. The Balaban J connectivity index is 2.22. The minimum atomic E-state index is -0.823. The minimum Gasteiger partial charge on any atom is -0.450 e. The Morgan fingerprint density at radius 2 is 2.14 bits per heavy atom. The Morgan fingerprint density at radius 1 is 1.38 bits per heavy atom. The first kappa shape index (κ1) is 17.2. The van der Waals surface area contributed by atoms with Crippen LogP contribution in [0.4, 0.5) is 9.59 Å². The zero-order chi connectivity index (χ0) is 15.7. The molecule has 0 aliphatic carbocycles. The predicted molar refractivity (Wildman–Crippen MR) is 76.6 cm³/mol. The maximum atomic E-state index is 11.4. The molecule has 0 saturated carbocycles. The van der Waals surface area contributed by atoms with Crippen LogP contribution >= 0.6 is 0 Å². The summed E-state index contributed by atoms with van der Waals surface area (Å²) in [6, 6.07) is -0.742. The molecule has 1 fully saturated rings. The van der Waals surface area contributed by atoms with Crippen molar-refractivity contribution in [1.82, 2.24) is 15.5 Å². The highest BCUT2D eigenvalue weighted by molar-refractivity contribution is 5.93. The number of carbonyl (C=O) groups is 3. The Bertz CT molecular complexity index is 375. The van der Waals surface area contributed by atoms with Gasteiger partial charge < -0.3 is 20.7 Å². The van der Waals surface area contributed by atoms with Crippen LogP contribution in [0.3, 0.4) is 0 Å². The van der Waals surface area contributed by atoms with Gasteiger partial charge in [-0.2, -0.15) is 0 Å². The molecule has 120 valence electrons. The van der Waals surface area contributed by atoms with Crippen LogP contribution in [0.2, 0.25) is 0 Å². The average Bonchev–Trinajstić information content (AvgIpc) is 2.38. The monoisotopic (exact) mass is 300 g/mol. The van der Waals surface area contributed by atoms with E-state index in [0.29, 0.717) is 13.0 Å². The lowest BCUT2D eigenvalue weighted by Gasteiger charge is -2.32. The Hall–Kier alpha value is -1.83. The summed E-state index contributed by atoms with van der Waals surface area (Å²) in [5.74, 6) is -0.360. The third-order valence-corrected chi connectivity index (χ3v) is 3.24. The number of urea groups is 1. The van der Waals surface area contributed by atoms with E-state index in [-0.39, 0.29) is 24.5 Å². The molecule has 0 bridgehead atoms. The van der Waals surface area contributed by atoms with Crippen molar-refractivity contribution in [2.75, 3.05) is 26.2 Å². The number of nitrogens with zero attached hydrogens (tertiary/aromatic N) is 1. The summed E-state index contributed by atoms with van der Waals surface area (Å²) in [7, 11) is 0. The standard InChI is InChI=1S/C13H24N4O4/c1-2-21-13(20)15-10-5-3-7-17(9-10)8-4-6-11(18)16-12(14)19/h10H,2-9H2,1H3,(H,15,20)(H3,14,16,18,19)/t10-/m0/s1. The molecule has 0 unspecified atom stereocenters. The maximum Gasteiger partial charge on any atom is 0.407 e. The van der Waals surface area contributed by atoms with Gasteiger partial charge in [0.1, 0.15) is 0 Å². The molecule has 4 amide bonds. The molecule has 1 aliphatic heterocycles. The number of imide groups is 1. The molecule has 1 heterocycles. The molecular weight excluding hydrogens is 276 g/mol. The molecule has 8 heteroatoms. The minimum absolute atomic E-state index is 0.0808. The van der Waals surface area contributed by atoms with E-state index >= 15 is 0 Å². The zero-order valence-corrected chi connectivity index (χ0v) is 12.4. The number of piperidine rings is 1. The van der Waals surface area contributed by atoms with Gasteiger partial charge >= 0.3 is 12.1 Å². The lowest BCUT2D eigenvalue weighted by molar-refractivity contribution is -0.120. The summed E-state index contributed by atoms with van der Waals surface area (Å²) in [6.45, 7) is 4.56. The Kier molecular flexibility index (Phi) is 7.52. The molecule has 0 radical (unpaired) electrons. The van der Waals surface area contributed by atoms with E-state index in [0.717, 1.165) is 32.5 Å². The molecule has 1 aliphatic rings. The van der Waals surface area contributed by atoms with Gasteiger partial charge in [0.25, 0.3) is 0 Å². The second-order valence-corrected chi connectivity index (χ2v) is 5.02. The fourth-order valence-corrected chi connectivity index (χ4v) is 2.38. The van der Waals surface area contributed by atoms with E-state index < -0.39 is 6.03 Å². The van der Waals surface area contributed by atoms with Gasteiger partial charge in [0, 0.05) is 19.0 Å². The van der Waals surface area contributed by atoms with Gasteiger partial charge in [-0.05, 0) is 39.3 Å². The van der Waals surface area contributed by atoms with E-state index in [2.05, 4.69) is 10.2 Å². The number of primary amides is 1. The summed E-state index contributed by atoms with van der Waals surface area (Å²) in [5, 5.41) is 4.87. The number of rotatable bonds is 6. The van der Waals surface area contributed by atoms with E-state index in [1.807, 2.05) is 5.32 Å². The Morgan fingerprint density at radius 3 is 2.81 bits per heavy atom. The number of alkyl carbamates (subject to hydrolysis) is 1. The average molecular weight is 300 g/mol. The van der Waals surface area contributed by atoms with Gasteiger partial charge in [-0.1, -0.05) is 0 Å². The molecule has 0 aromatic rings. The first-order valence-electron chi connectivity index (χ1n) is 7.26. The number of hydrogen-bond acceptors (Lipinski definition) is 5. The molecule has 0 aromatic carbocycles. The van der Waals surface area contributed by atoms with Crippen molar-refractivity contribution >= 4 is 18.0 Å². The normalized spacial score (nSPS) is 18.8. The molecule has 0 spiro atoms. The summed E-state index contributed by atoms with van der Waals surface area (Å²) >= 11 is 0. The van der Waals surface area contributed by atoms with Crippen LogP contribution in [0.25, 0.3) is 0 Å². The van der Waals surface area contributed by atoms with Crippen molar-refractivity contribution in [2.24, 2.45) is 5.73 Å². The van der Waals surface area contributed by atoms with Crippen molar-refractivity contribution < 1.29 is 19.1 Å². The van der Waals surface area contributed by atoms with Gasteiger partial charge in [-0.3, -0.25) is 10.1 Å². The second-order valence-electron chi connectivity index (χ2n) is 5.02. The first-order valence-corrected chi connectivity index (χ1v) is 7.26. The third-order valence-electron chi connectivity index (χ3n) is 3.24. The second kappa shape index (κ2) is 9.17. The van der Waals surface area contributed by atoms with Crippen LogP contribution in [0, 0.1) is 0 Å². The number of nitrogens with one attached hydrogen (secondary N) is 2. The Labute approximate surface area is 124 Å². The molecule has 8 nitrogen and oxygen atoms in total. The van der Waals surface area contributed by atoms with Gasteiger partial charge in [0.05, 0.1) is 6.61 Å². The fraction of sp³-hybridized carbons (Fsp3) is 0.769. The van der Waals surface area contributed by atoms with Crippen molar-refractivity contribution in [1.29, 1.82) is 0 Å². The van der Waals surface area contributed by atoms with Crippen molar-refractivity contribution in [3.63, 3.8) is 0 Å². The lowest BCUT2D eigenvalue weighted by atomic mass is 10.1. The summed E-state index contributed by atoms with van der Waals surface area (Å²) in [6.07, 6.45) is 2.44. The summed E-state index contributed by atoms with van der Waals surface area (Å²) in [5.41, 5.74) is 4.86. The smallest absolute Gasteiger partial charge is 0.407 e. The molecule has 4 N–H and O–H groups in total. The third kappa shape index (κ3) is 7.50. The van der Waals surface area contributed by atoms with Crippen molar-refractivity contribution in [3.8, 4) is 0 Å². The number of ether oxygens (including phenoxy) is 1. The molecule has 21 heavy (non-hydrogen) atoms. The van der Waals surface area contributed by atoms with Crippen LogP contribution in [0.1, 0.15) is 32.6 Å². The van der Waals surface area contributed by atoms with Crippen LogP contribution in [0.15, 0.2) is 0 Å². The predicted octanol–water partition coefficient (Wildman–Crippen LogP) is 0.172. The van der Waals surface area contributed by atoms with Crippen LogP contribution < -0.4 is 16.4 Å². The molecular formula is C13H24N4O4. The number of amides is 4. The van der Waals surface area contributed by atoms with Crippen molar-refractivity contribution in [2.45, 2.75) is 38.6 Å². The molecule has 1 saturated heterocycles. The highest BCUT2D eigenvalue weighted by atomic mass is 16.5. The summed E-state index contributed by atoms with van der Waals surface area (Å²) in [4.78, 5) is 35.3. The van der Waals surface area contributed by atoms with Crippen molar-refractivity contribution in [3.05, 3.63) is 0 Å². The topological polar surface area (TPSA) is 114 Å². The number of nitrogens with two attached hydrogens (primary N) is 1. The summed E-state index contributed by atoms with van der Waals surface area (Å²) < 4.78 is 4.86. The fourth-order valence-electron chi connectivity index (χ4n) is 2.38. The van der Waals surface area contributed by atoms with Crippen LogP contribution in [-0.2, 0) is 9.53 Å². The zero-order valence-electron chi connectivity index (χ0n) is 12.4. The lowest BCUT2D eigenvalue weighted by Crippen LogP contribution is -2.48. The molecule has 0 aromatic heterocycles.